The second-order valence-corrected chi connectivity index (χ2v) is 4.78. The lowest BCUT2D eigenvalue weighted by Crippen LogP contribution is -2.22. The summed E-state index contributed by atoms with van der Waals surface area (Å²) in [5, 5.41) is 11.5. The van der Waals surface area contributed by atoms with Crippen LogP contribution in [0.1, 0.15) is 40.5 Å². The van der Waals surface area contributed by atoms with Crippen LogP contribution in [-0.2, 0) is 6.54 Å². The highest BCUT2D eigenvalue weighted by Crippen LogP contribution is 2.28. The molecule has 7 nitrogen and oxygen atoms in total. The number of rotatable bonds is 8. The van der Waals surface area contributed by atoms with Gasteiger partial charge in [-0.3, -0.25) is 4.79 Å². The molecule has 0 aliphatic rings. The largest absolute Gasteiger partial charge is 0.490 e. The molecule has 2 rings (SSSR count). The van der Waals surface area contributed by atoms with E-state index in [0.29, 0.717) is 36.0 Å². The van der Waals surface area contributed by atoms with E-state index in [-0.39, 0.29) is 18.2 Å². The van der Waals surface area contributed by atoms with E-state index in [2.05, 4.69) is 5.32 Å². The third kappa shape index (κ3) is 4.28. The number of furan rings is 1. The Bertz CT molecular complexity index is 722. The zero-order valence-electron chi connectivity index (χ0n) is 13.5. The van der Waals surface area contributed by atoms with Crippen LogP contribution >= 0.6 is 0 Å². The van der Waals surface area contributed by atoms with Crippen LogP contribution in [0.25, 0.3) is 0 Å². The molecule has 0 aliphatic heterocycles. The van der Waals surface area contributed by atoms with Gasteiger partial charge in [-0.2, -0.15) is 0 Å². The molecule has 1 amide bonds. The molecule has 7 heteroatoms. The molecular weight excluding hydrogens is 314 g/mol. The van der Waals surface area contributed by atoms with Crippen molar-refractivity contribution in [2.24, 2.45) is 0 Å². The first-order valence-electron chi connectivity index (χ1n) is 7.55. The number of carboxylic acids is 1. The van der Waals surface area contributed by atoms with Crippen LogP contribution in [0.2, 0.25) is 0 Å². The molecule has 0 atom stereocenters. The van der Waals surface area contributed by atoms with Gasteiger partial charge in [-0.15, -0.1) is 0 Å². The number of amides is 1. The first kappa shape index (κ1) is 17.4. The van der Waals surface area contributed by atoms with E-state index in [4.69, 9.17) is 19.0 Å². The number of hydrogen-bond donors (Lipinski definition) is 2. The number of carbonyl (C=O) groups is 2. The van der Waals surface area contributed by atoms with Gasteiger partial charge in [0.1, 0.15) is 5.76 Å². The SMILES string of the molecule is CCOc1ccc(C(=O)NCc2ccc(C(=O)O)o2)cc1OCC. The minimum absolute atomic E-state index is 0.0866. The second kappa shape index (κ2) is 8.05. The Labute approximate surface area is 139 Å². The summed E-state index contributed by atoms with van der Waals surface area (Å²) in [5.41, 5.74) is 0.409. The molecule has 2 N–H and O–H groups in total. The minimum atomic E-state index is -1.15. The highest BCUT2D eigenvalue weighted by molar-refractivity contribution is 5.94. The van der Waals surface area contributed by atoms with E-state index < -0.39 is 5.97 Å². The summed E-state index contributed by atoms with van der Waals surface area (Å²) in [6.07, 6.45) is 0. The van der Waals surface area contributed by atoms with Gasteiger partial charge in [-0.1, -0.05) is 0 Å². The maximum atomic E-state index is 12.2. The fourth-order valence-electron chi connectivity index (χ4n) is 2.05. The number of carbonyl (C=O) groups excluding carboxylic acids is 1. The quantitative estimate of drug-likeness (QED) is 0.771. The molecular formula is C17H19NO6. The topological polar surface area (TPSA) is 98.0 Å². The maximum Gasteiger partial charge on any atom is 0.371 e. The lowest BCUT2D eigenvalue weighted by atomic mass is 10.2. The fourth-order valence-corrected chi connectivity index (χ4v) is 2.05. The first-order chi connectivity index (χ1) is 11.5. The molecule has 0 bridgehead atoms. The molecule has 128 valence electrons. The molecule has 0 radical (unpaired) electrons. The molecule has 0 aliphatic carbocycles. The van der Waals surface area contributed by atoms with Crippen molar-refractivity contribution >= 4 is 11.9 Å². The number of carboxylic acid groups (broad SMARTS) is 1. The molecule has 0 fully saturated rings. The summed E-state index contributed by atoms with van der Waals surface area (Å²) in [6, 6.07) is 7.77. The van der Waals surface area contributed by atoms with E-state index in [1.165, 1.54) is 12.1 Å². The van der Waals surface area contributed by atoms with E-state index >= 15 is 0 Å². The van der Waals surface area contributed by atoms with Gasteiger partial charge in [-0.05, 0) is 44.2 Å². The Morgan fingerprint density at radius 1 is 1.08 bits per heavy atom. The van der Waals surface area contributed by atoms with Crippen LogP contribution in [0.4, 0.5) is 0 Å². The van der Waals surface area contributed by atoms with Crippen molar-refractivity contribution in [2.45, 2.75) is 20.4 Å². The van der Waals surface area contributed by atoms with Crippen molar-refractivity contribution in [3.8, 4) is 11.5 Å². The Hall–Kier alpha value is -2.96. The Balaban J connectivity index is 2.05. The normalized spacial score (nSPS) is 10.2. The zero-order chi connectivity index (χ0) is 17.5. The lowest BCUT2D eigenvalue weighted by molar-refractivity contribution is 0.0660. The van der Waals surface area contributed by atoms with Gasteiger partial charge in [0.15, 0.2) is 11.5 Å². The number of aromatic carboxylic acids is 1. The molecule has 0 saturated carbocycles. The summed E-state index contributed by atoms with van der Waals surface area (Å²) in [5.74, 6) is -0.213. The number of hydrogen-bond acceptors (Lipinski definition) is 5. The van der Waals surface area contributed by atoms with Crippen LogP contribution in [0.15, 0.2) is 34.7 Å². The van der Waals surface area contributed by atoms with Gasteiger partial charge in [0.25, 0.3) is 5.91 Å². The number of nitrogens with one attached hydrogen (secondary N) is 1. The summed E-state index contributed by atoms with van der Waals surface area (Å²) < 4.78 is 16.0. The predicted molar refractivity (Wildman–Crippen MR) is 85.6 cm³/mol. The zero-order valence-corrected chi connectivity index (χ0v) is 13.5. The maximum absolute atomic E-state index is 12.2. The molecule has 1 heterocycles. The fraction of sp³-hybridized carbons (Fsp3) is 0.294. The Morgan fingerprint density at radius 3 is 2.42 bits per heavy atom. The highest BCUT2D eigenvalue weighted by atomic mass is 16.5. The third-order valence-corrected chi connectivity index (χ3v) is 3.10. The van der Waals surface area contributed by atoms with Crippen molar-refractivity contribution in [1.82, 2.24) is 5.32 Å². The van der Waals surface area contributed by atoms with Crippen molar-refractivity contribution in [3.05, 3.63) is 47.4 Å². The molecule has 24 heavy (non-hydrogen) atoms. The summed E-state index contributed by atoms with van der Waals surface area (Å²) in [7, 11) is 0. The van der Waals surface area contributed by atoms with Gasteiger partial charge in [0.2, 0.25) is 5.76 Å². The first-order valence-corrected chi connectivity index (χ1v) is 7.55. The van der Waals surface area contributed by atoms with Crippen molar-refractivity contribution in [3.63, 3.8) is 0 Å². The monoisotopic (exact) mass is 333 g/mol. The number of benzene rings is 1. The summed E-state index contributed by atoms with van der Waals surface area (Å²) in [4.78, 5) is 23.0. The summed E-state index contributed by atoms with van der Waals surface area (Å²) in [6.45, 7) is 4.75. The standard InChI is InChI=1S/C17H19NO6/c1-3-22-13-7-5-11(9-15(13)23-4-2)16(19)18-10-12-6-8-14(24-12)17(20)21/h5-9H,3-4,10H2,1-2H3,(H,18,19)(H,20,21). The lowest BCUT2D eigenvalue weighted by Gasteiger charge is -2.12. The molecule has 0 saturated heterocycles. The Morgan fingerprint density at radius 2 is 1.79 bits per heavy atom. The van der Waals surface area contributed by atoms with Crippen LogP contribution in [0.5, 0.6) is 11.5 Å². The number of ether oxygens (including phenoxy) is 2. The average Bonchev–Trinajstić information content (AvgIpc) is 3.04. The van der Waals surface area contributed by atoms with Crippen LogP contribution in [-0.4, -0.2) is 30.2 Å². The molecule has 0 spiro atoms. The van der Waals surface area contributed by atoms with Crippen molar-refractivity contribution < 1.29 is 28.6 Å². The average molecular weight is 333 g/mol. The van der Waals surface area contributed by atoms with Gasteiger partial charge < -0.3 is 24.3 Å². The second-order valence-electron chi connectivity index (χ2n) is 4.78. The molecule has 1 aromatic carbocycles. The third-order valence-electron chi connectivity index (χ3n) is 3.10. The highest BCUT2D eigenvalue weighted by Gasteiger charge is 2.13. The van der Waals surface area contributed by atoms with Crippen LogP contribution < -0.4 is 14.8 Å². The van der Waals surface area contributed by atoms with Gasteiger partial charge in [-0.25, -0.2) is 4.79 Å². The van der Waals surface area contributed by atoms with Crippen LogP contribution in [0, 0.1) is 0 Å². The van der Waals surface area contributed by atoms with Crippen LogP contribution in [0.3, 0.4) is 0 Å². The van der Waals surface area contributed by atoms with Crippen molar-refractivity contribution in [1.29, 1.82) is 0 Å². The summed E-state index contributed by atoms with van der Waals surface area (Å²) >= 11 is 0. The van der Waals surface area contributed by atoms with E-state index in [1.54, 1.807) is 18.2 Å². The molecule has 1 aromatic heterocycles. The van der Waals surface area contributed by atoms with Gasteiger partial charge in [0, 0.05) is 5.56 Å². The van der Waals surface area contributed by atoms with Crippen molar-refractivity contribution in [2.75, 3.05) is 13.2 Å². The van der Waals surface area contributed by atoms with E-state index in [9.17, 15) is 9.59 Å². The van der Waals surface area contributed by atoms with Gasteiger partial charge >= 0.3 is 5.97 Å². The van der Waals surface area contributed by atoms with E-state index in [0.717, 1.165) is 0 Å². The smallest absolute Gasteiger partial charge is 0.371 e. The van der Waals surface area contributed by atoms with E-state index in [1.807, 2.05) is 13.8 Å². The molecule has 0 unspecified atom stereocenters. The Kier molecular flexibility index (Phi) is 5.83. The van der Waals surface area contributed by atoms with Gasteiger partial charge in [0.05, 0.1) is 19.8 Å². The predicted octanol–water partition coefficient (Wildman–Crippen LogP) is 2.71. The minimum Gasteiger partial charge on any atom is -0.490 e. The molecule has 2 aromatic rings.